The van der Waals surface area contributed by atoms with E-state index in [1.165, 1.54) is 23.2 Å². The molecule has 23 heavy (non-hydrogen) atoms. The van der Waals surface area contributed by atoms with E-state index in [1.54, 1.807) is 24.3 Å². The molecule has 3 rings (SSSR count). The summed E-state index contributed by atoms with van der Waals surface area (Å²) in [6.07, 6.45) is 0.919. The molecule has 0 aliphatic carbocycles. The van der Waals surface area contributed by atoms with Gasteiger partial charge in [-0.2, -0.15) is 0 Å². The van der Waals surface area contributed by atoms with Gasteiger partial charge in [0.2, 0.25) is 5.75 Å². The van der Waals surface area contributed by atoms with Crippen molar-refractivity contribution in [3.05, 3.63) is 57.7 Å². The predicted octanol–water partition coefficient (Wildman–Crippen LogP) is 2.83. The Labute approximate surface area is 136 Å². The second kappa shape index (κ2) is 6.21. The molecule has 0 spiro atoms. The molecule has 7 nitrogen and oxygen atoms in total. The first-order chi connectivity index (χ1) is 11.1. The van der Waals surface area contributed by atoms with Crippen LogP contribution in [0.3, 0.4) is 0 Å². The van der Waals surface area contributed by atoms with E-state index < -0.39 is 16.8 Å². The third-order valence-corrected chi connectivity index (χ3v) is 3.81. The fourth-order valence-electron chi connectivity index (χ4n) is 2.44. The van der Waals surface area contributed by atoms with Crippen LogP contribution in [0.1, 0.15) is 6.42 Å². The molecule has 2 aromatic rings. The van der Waals surface area contributed by atoms with Crippen LogP contribution in [0.4, 0.5) is 11.5 Å². The van der Waals surface area contributed by atoms with Gasteiger partial charge in [0.25, 0.3) is 5.91 Å². The largest absolute Gasteiger partial charge is 0.472 e. The van der Waals surface area contributed by atoms with Gasteiger partial charge in [-0.3, -0.25) is 4.79 Å². The van der Waals surface area contributed by atoms with Gasteiger partial charge in [0.1, 0.15) is 6.20 Å². The molecule has 0 radical (unpaired) electrons. The van der Waals surface area contributed by atoms with E-state index in [4.69, 9.17) is 16.3 Å². The lowest BCUT2D eigenvalue weighted by molar-refractivity contribution is -0.390. The van der Waals surface area contributed by atoms with Gasteiger partial charge in [-0.25, -0.2) is 0 Å². The molecule has 1 aliphatic rings. The zero-order valence-electron chi connectivity index (χ0n) is 11.9. The van der Waals surface area contributed by atoms with Gasteiger partial charge in [0, 0.05) is 13.0 Å². The minimum Gasteiger partial charge on any atom is -0.472 e. The molecule has 0 bridgehead atoms. The average Bonchev–Trinajstić information content (AvgIpc) is 2.89. The number of carbonyl (C=O) groups excluding carboxylic acids is 1. The zero-order chi connectivity index (χ0) is 16.4. The highest BCUT2D eigenvalue weighted by Crippen LogP contribution is 2.32. The number of amides is 1. The molecule has 1 fully saturated rings. The molecule has 1 amide bonds. The molecule has 8 heteroatoms. The van der Waals surface area contributed by atoms with Crippen LogP contribution < -0.4 is 9.64 Å². The van der Waals surface area contributed by atoms with Gasteiger partial charge in [-0.1, -0.05) is 23.7 Å². The third-order valence-electron chi connectivity index (χ3n) is 3.49. The topological polar surface area (TPSA) is 85.6 Å². The molecule has 1 aromatic heterocycles. The SMILES string of the molecule is O=C1[C@@H](Oc2cccnc2[N+](=O)[O-])CCN1c1ccccc1Cl. The first-order valence-corrected chi connectivity index (χ1v) is 7.27. The Morgan fingerprint density at radius 3 is 2.83 bits per heavy atom. The van der Waals surface area contributed by atoms with Crippen molar-refractivity contribution >= 4 is 29.0 Å². The Hall–Kier alpha value is -2.67. The monoisotopic (exact) mass is 333 g/mol. The van der Waals surface area contributed by atoms with E-state index in [1.807, 2.05) is 0 Å². The molecule has 0 unspecified atom stereocenters. The highest BCUT2D eigenvalue weighted by atomic mass is 35.5. The van der Waals surface area contributed by atoms with Crippen molar-refractivity contribution in [2.45, 2.75) is 12.5 Å². The maximum Gasteiger partial charge on any atom is 0.406 e. The number of hydrogen-bond acceptors (Lipinski definition) is 5. The van der Waals surface area contributed by atoms with Crippen molar-refractivity contribution in [1.82, 2.24) is 4.98 Å². The van der Waals surface area contributed by atoms with Crippen molar-refractivity contribution < 1.29 is 14.5 Å². The van der Waals surface area contributed by atoms with Crippen LogP contribution in [-0.4, -0.2) is 28.5 Å². The minimum absolute atomic E-state index is 0.0168. The molecule has 1 saturated heterocycles. The second-order valence-electron chi connectivity index (χ2n) is 4.92. The molecular formula is C15H12ClN3O4. The summed E-state index contributed by atoms with van der Waals surface area (Å²) in [6.45, 7) is 0.432. The van der Waals surface area contributed by atoms with Crippen LogP contribution in [0.15, 0.2) is 42.6 Å². The summed E-state index contributed by atoms with van der Waals surface area (Å²) in [5, 5.41) is 11.4. The first-order valence-electron chi connectivity index (χ1n) is 6.90. The normalized spacial score (nSPS) is 17.3. The number of halogens is 1. The molecule has 2 heterocycles. The number of carbonyl (C=O) groups is 1. The number of benzene rings is 1. The maximum atomic E-state index is 12.5. The fraction of sp³-hybridized carbons (Fsp3) is 0.200. The van der Waals surface area contributed by atoms with E-state index in [-0.39, 0.29) is 11.7 Å². The van der Waals surface area contributed by atoms with Crippen LogP contribution in [0, 0.1) is 10.1 Å². The number of aromatic nitrogens is 1. The standard InChI is InChI=1S/C15H12ClN3O4/c16-10-4-1-2-5-11(10)18-9-7-13(15(18)20)23-12-6-3-8-17-14(12)19(21)22/h1-6,8,13H,7,9H2/t13-/m0/s1. The Kier molecular flexibility index (Phi) is 4.12. The third kappa shape index (κ3) is 2.95. The molecule has 1 aromatic carbocycles. The van der Waals surface area contributed by atoms with Gasteiger partial charge in [0.05, 0.1) is 10.7 Å². The van der Waals surface area contributed by atoms with Gasteiger partial charge >= 0.3 is 5.82 Å². The lowest BCUT2D eigenvalue weighted by Gasteiger charge is -2.18. The minimum atomic E-state index is -0.797. The van der Waals surface area contributed by atoms with Crippen molar-refractivity contribution in [1.29, 1.82) is 0 Å². The van der Waals surface area contributed by atoms with Crippen LogP contribution in [0.2, 0.25) is 5.02 Å². The van der Waals surface area contributed by atoms with Crippen LogP contribution in [0.25, 0.3) is 0 Å². The van der Waals surface area contributed by atoms with Gasteiger partial charge < -0.3 is 19.8 Å². The predicted molar refractivity (Wildman–Crippen MR) is 83.7 cm³/mol. The van der Waals surface area contributed by atoms with Crippen LogP contribution in [-0.2, 0) is 4.79 Å². The number of ether oxygens (including phenoxy) is 1. The number of rotatable bonds is 4. The number of pyridine rings is 1. The second-order valence-corrected chi connectivity index (χ2v) is 5.33. The molecule has 0 saturated carbocycles. The Morgan fingerprint density at radius 2 is 2.09 bits per heavy atom. The molecular weight excluding hydrogens is 322 g/mol. The summed E-state index contributed by atoms with van der Waals surface area (Å²) < 4.78 is 5.53. The van der Waals surface area contributed by atoms with Crippen molar-refractivity contribution in [2.75, 3.05) is 11.4 Å². The fourth-order valence-corrected chi connectivity index (χ4v) is 2.68. The quantitative estimate of drug-likeness (QED) is 0.634. The summed E-state index contributed by atoms with van der Waals surface area (Å²) in [6, 6.07) is 9.96. The number of para-hydroxylation sites is 1. The van der Waals surface area contributed by atoms with Crippen molar-refractivity contribution in [2.24, 2.45) is 0 Å². The Bertz CT molecular complexity index is 768. The molecule has 1 aliphatic heterocycles. The number of hydrogen-bond donors (Lipinski definition) is 0. The van der Waals surface area contributed by atoms with E-state index in [0.717, 1.165) is 0 Å². The number of nitro groups is 1. The molecule has 118 valence electrons. The Balaban J connectivity index is 1.81. The van der Waals surface area contributed by atoms with E-state index >= 15 is 0 Å². The summed E-state index contributed by atoms with van der Waals surface area (Å²) in [7, 11) is 0. The lowest BCUT2D eigenvalue weighted by Crippen LogP contribution is -2.32. The number of nitrogens with zero attached hydrogens (tertiary/aromatic N) is 3. The highest BCUT2D eigenvalue weighted by molar-refractivity contribution is 6.33. The summed E-state index contributed by atoms with van der Waals surface area (Å²) in [5.74, 6) is -0.704. The maximum absolute atomic E-state index is 12.5. The smallest absolute Gasteiger partial charge is 0.406 e. The van der Waals surface area contributed by atoms with Crippen molar-refractivity contribution in [3.63, 3.8) is 0 Å². The van der Waals surface area contributed by atoms with E-state index in [0.29, 0.717) is 23.7 Å². The summed E-state index contributed by atoms with van der Waals surface area (Å²) >= 11 is 6.11. The summed E-state index contributed by atoms with van der Waals surface area (Å²) in [5.41, 5.74) is 0.603. The molecule has 1 atom stereocenters. The van der Waals surface area contributed by atoms with Gasteiger partial charge in [-0.15, -0.1) is 0 Å². The van der Waals surface area contributed by atoms with Gasteiger partial charge in [0.15, 0.2) is 6.10 Å². The highest BCUT2D eigenvalue weighted by Gasteiger charge is 2.36. The zero-order valence-corrected chi connectivity index (χ0v) is 12.6. The average molecular weight is 334 g/mol. The molecule has 0 N–H and O–H groups in total. The van der Waals surface area contributed by atoms with Crippen LogP contribution >= 0.6 is 11.6 Å². The first kappa shape index (κ1) is 15.2. The van der Waals surface area contributed by atoms with E-state index in [2.05, 4.69) is 4.98 Å². The van der Waals surface area contributed by atoms with Gasteiger partial charge in [-0.05, 0) is 34.2 Å². The Morgan fingerprint density at radius 1 is 1.30 bits per heavy atom. The summed E-state index contributed by atoms with van der Waals surface area (Å²) in [4.78, 5) is 28.0. The number of anilines is 1. The lowest BCUT2D eigenvalue weighted by atomic mass is 10.3. The van der Waals surface area contributed by atoms with E-state index in [9.17, 15) is 14.9 Å². The van der Waals surface area contributed by atoms with Crippen LogP contribution in [0.5, 0.6) is 5.75 Å². The van der Waals surface area contributed by atoms with Crippen molar-refractivity contribution in [3.8, 4) is 5.75 Å².